The van der Waals surface area contributed by atoms with E-state index in [9.17, 15) is 15.0 Å². The van der Waals surface area contributed by atoms with Crippen molar-refractivity contribution in [2.24, 2.45) is 22.2 Å². The monoisotopic (exact) mass is 813 g/mol. The number of hydrogen-bond acceptors (Lipinski definition) is 12. The van der Waals surface area contributed by atoms with E-state index in [1.807, 2.05) is 75.5 Å². The molecule has 4 atom stereocenters. The first-order valence-corrected chi connectivity index (χ1v) is 21.1. The molecule has 4 aromatic heterocycles. The second kappa shape index (κ2) is 14.7. The van der Waals surface area contributed by atoms with Crippen molar-refractivity contribution in [1.82, 2.24) is 35.7 Å². The van der Waals surface area contributed by atoms with E-state index < -0.39 is 5.97 Å². The van der Waals surface area contributed by atoms with Crippen LogP contribution in [0, 0.1) is 36.0 Å². The lowest BCUT2D eigenvalue weighted by Crippen LogP contribution is -2.64. The van der Waals surface area contributed by atoms with Crippen molar-refractivity contribution in [3.63, 3.8) is 0 Å². The highest BCUT2D eigenvalue weighted by Crippen LogP contribution is 2.71. The first-order chi connectivity index (χ1) is 28.2. The second-order valence-electron chi connectivity index (χ2n) is 18.0. The Morgan fingerprint density at radius 3 is 2.49 bits per heavy atom. The third kappa shape index (κ3) is 7.31. The number of benzene rings is 2. The number of thiazole rings is 1. The summed E-state index contributed by atoms with van der Waals surface area (Å²) in [4.78, 5) is 24.2. The predicted octanol–water partition coefficient (Wildman–Crippen LogP) is 8.73. The molecule has 0 radical (unpaired) electrons. The number of carbonyl (C=O) groups is 1. The predicted molar refractivity (Wildman–Crippen MR) is 230 cm³/mol. The van der Waals surface area contributed by atoms with Gasteiger partial charge in [0.2, 0.25) is 0 Å². The Morgan fingerprint density at radius 1 is 1.00 bits per heavy atom. The number of pyridine rings is 1. The maximum atomic E-state index is 13.1. The number of ether oxygens (including phenoxy) is 1. The van der Waals surface area contributed by atoms with Gasteiger partial charge in [0.15, 0.2) is 22.5 Å². The molecule has 4 aliphatic rings. The van der Waals surface area contributed by atoms with Gasteiger partial charge in [-0.15, -0.1) is 10.2 Å². The summed E-state index contributed by atoms with van der Waals surface area (Å²) in [5, 5.41) is 45.4. The van der Waals surface area contributed by atoms with Crippen LogP contribution < -0.4 is 15.5 Å². The molecule has 4 saturated carbocycles. The minimum Gasteiger partial charge on any atom is -0.508 e. The number of likely N-dealkylation sites (N-methyl/N-ethyl adjacent to an activating group) is 1. The molecular weight excluding hydrogens is 763 g/mol. The summed E-state index contributed by atoms with van der Waals surface area (Å²) in [6.07, 6.45) is 6.46. The summed E-state index contributed by atoms with van der Waals surface area (Å²) in [6, 6.07) is 20.9. The number of nitrogens with one attached hydrogen (secondary N) is 3. The number of phenols is 1. The summed E-state index contributed by atoms with van der Waals surface area (Å²) < 4.78 is 8.26. The topological polar surface area (TPSA) is 174 Å². The zero-order chi connectivity index (χ0) is 41.3. The number of aromatic hydroxyl groups is 1. The van der Waals surface area contributed by atoms with Gasteiger partial charge >= 0.3 is 5.97 Å². The van der Waals surface area contributed by atoms with E-state index in [0.29, 0.717) is 41.8 Å². The summed E-state index contributed by atoms with van der Waals surface area (Å²) in [7, 11) is 3.74. The molecule has 0 aliphatic heterocycles. The van der Waals surface area contributed by atoms with Gasteiger partial charge in [0.25, 0.3) is 0 Å². The average molecular weight is 814 g/mol. The number of aromatic carboxylic acids is 1. The van der Waals surface area contributed by atoms with Gasteiger partial charge in [-0.25, -0.2) is 14.8 Å². The lowest BCUT2D eigenvalue weighted by Gasteiger charge is -2.68. The molecule has 0 saturated heterocycles. The number of hydrogen-bond donors (Lipinski definition) is 5. The molecule has 4 bridgehead atoms. The van der Waals surface area contributed by atoms with E-state index in [1.165, 1.54) is 6.42 Å². The first kappa shape index (κ1) is 39.0. The quantitative estimate of drug-likeness (QED) is 0.0703. The van der Waals surface area contributed by atoms with Crippen molar-refractivity contribution < 1.29 is 19.7 Å². The molecule has 4 aliphatic carbocycles. The largest absolute Gasteiger partial charge is 0.508 e. The molecule has 0 spiro atoms. The number of rotatable bonds is 13. The third-order valence-electron chi connectivity index (χ3n) is 13.0. The Hall–Kier alpha value is -5.44. The van der Waals surface area contributed by atoms with Crippen molar-refractivity contribution >= 4 is 50.1 Å². The number of carboxylic acid groups (broad SMARTS) is 1. The summed E-state index contributed by atoms with van der Waals surface area (Å²) in [5.74, 6) is 1.04. The molecule has 14 heteroatoms. The normalized spacial score (nSPS) is 25.1. The van der Waals surface area contributed by atoms with Crippen molar-refractivity contribution in [1.29, 1.82) is 0 Å². The molecule has 6 aromatic rings. The smallest absolute Gasteiger partial charge is 0.355 e. The van der Waals surface area contributed by atoms with Gasteiger partial charge in [-0.1, -0.05) is 49.4 Å². The van der Waals surface area contributed by atoms with E-state index in [0.717, 1.165) is 69.1 Å². The first-order valence-electron chi connectivity index (χ1n) is 20.3. The number of fused-ring (bicyclic) bond motifs is 1. The Balaban J connectivity index is 1.01. The fourth-order valence-electron chi connectivity index (χ4n) is 11.4. The molecular formula is C45H51N9O4S. The number of carboxylic acids is 1. The van der Waals surface area contributed by atoms with Crippen LogP contribution in [-0.2, 0) is 17.6 Å². The van der Waals surface area contributed by atoms with Crippen molar-refractivity contribution in [2.75, 3.05) is 24.3 Å². The van der Waals surface area contributed by atoms with Crippen LogP contribution in [0.2, 0.25) is 0 Å². The van der Waals surface area contributed by atoms with Gasteiger partial charge < -0.3 is 25.2 Å². The second-order valence-corrected chi connectivity index (χ2v) is 19.0. The number of H-pyrrole nitrogens is 1. The lowest BCUT2D eigenvalue weighted by molar-refractivity contribution is -0.245. The molecule has 13 nitrogen and oxygen atoms in total. The van der Waals surface area contributed by atoms with Gasteiger partial charge in [0.05, 0.1) is 22.0 Å². The van der Waals surface area contributed by atoms with Crippen LogP contribution in [0.4, 0.5) is 22.6 Å². The highest BCUT2D eigenvalue weighted by atomic mass is 32.1. The summed E-state index contributed by atoms with van der Waals surface area (Å²) in [5.41, 5.74) is 5.80. The summed E-state index contributed by atoms with van der Waals surface area (Å²) >= 11 is 1.54. The Bertz CT molecular complexity index is 2520. The van der Waals surface area contributed by atoms with Crippen molar-refractivity contribution in [2.45, 2.75) is 85.0 Å². The number of anilines is 4. The maximum absolute atomic E-state index is 13.1. The molecule has 4 unspecified atom stereocenters. The molecule has 4 fully saturated rings. The lowest BCUT2D eigenvalue weighted by atomic mass is 9.38. The van der Waals surface area contributed by atoms with Gasteiger partial charge in [-0.2, -0.15) is 5.10 Å². The molecule has 4 heterocycles. The zero-order valence-corrected chi connectivity index (χ0v) is 35.2. The summed E-state index contributed by atoms with van der Waals surface area (Å²) in [6.45, 7) is 8.78. The number of aryl methyl sites for hydroxylation is 2. The molecule has 306 valence electrons. The molecule has 5 N–H and O–H groups in total. The SMILES string of the molecule is CNC(Cc1cccc(O)c1)OC1C2CC3(C)CC(C)(C2)CC1(Cc1n[nH]c(C)c1-c1ccc(N(C)c2cc(C)c(Nc4nc5ccccc5s4)nn2)nc1C(=O)O)C3. The van der Waals surface area contributed by atoms with Crippen LogP contribution in [-0.4, -0.2) is 73.0 Å². The van der Waals surface area contributed by atoms with E-state index in [4.69, 9.17) is 14.8 Å². The number of aromatic nitrogens is 6. The zero-order valence-electron chi connectivity index (χ0n) is 34.3. The molecule has 59 heavy (non-hydrogen) atoms. The highest BCUT2D eigenvalue weighted by Gasteiger charge is 2.65. The van der Waals surface area contributed by atoms with Crippen LogP contribution >= 0.6 is 11.3 Å². The third-order valence-corrected chi connectivity index (χ3v) is 13.9. The maximum Gasteiger partial charge on any atom is 0.355 e. The number of aromatic amines is 1. The van der Waals surface area contributed by atoms with Crippen LogP contribution in [0.15, 0.2) is 66.7 Å². The fourth-order valence-corrected chi connectivity index (χ4v) is 12.3. The van der Waals surface area contributed by atoms with Crippen LogP contribution in [0.1, 0.15) is 79.0 Å². The van der Waals surface area contributed by atoms with Crippen LogP contribution in [0.25, 0.3) is 21.3 Å². The highest BCUT2D eigenvalue weighted by molar-refractivity contribution is 7.22. The fraction of sp³-hybridized carbons (Fsp3) is 0.422. The molecule has 2 aromatic carbocycles. The van der Waals surface area contributed by atoms with E-state index in [-0.39, 0.29) is 40.0 Å². The average Bonchev–Trinajstić information content (AvgIpc) is 3.76. The number of nitrogens with zero attached hydrogens (tertiary/aromatic N) is 6. The Kier molecular flexibility index (Phi) is 9.71. The minimum atomic E-state index is -1.13. The minimum absolute atomic E-state index is 0.0241. The van der Waals surface area contributed by atoms with Gasteiger partial charge in [0, 0.05) is 42.1 Å². The standard InChI is InChI=1S/C45H51N9O4S/c1-25-16-35(52-53-40(25)49-42-47-31-12-7-8-13-33(31)59-42)54(6)34-15-14-30(38(48-34)41(56)57)37-26(2)50-51-32(37)21-45-23-43(3)19-28(20-44(4,22-43)24-45)39(45)58-36(46-5)18-27-10-9-11-29(55)17-27/h7-17,28,36,39,46,55H,18-24H2,1-6H3,(H,50,51)(H,56,57)(H,47,49,53). The van der Waals surface area contributed by atoms with E-state index in [2.05, 4.69) is 44.8 Å². The van der Waals surface area contributed by atoms with E-state index in [1.54, 1.807) is 35.4 Å². The van der Waals surface area contributed by atoms with Gasteiger partial charge in [0.1, 0.15) is 17.8 Å². The van der Waals surface area contributed by atoms with Gasteiger partial charge in [-0.3, -0.25) is 10.4 Å². The Labute approximate surface area is 347 Å². The van der Waals surface area contributed by atoms with Crippen LogP contribution in [0.3, 0.4) is 0 Å². The number of phenolic OH excluding ortho intramolecular Hbond substituents is 1. The number of para-hydroxylation sites is 1. The van der Waals surface area contributed by atoms with Crippen molar-refractivity contribution in [3.8, 4) is 16.9 Å². The molecule has 10 rings (SSSR count). The van der Waals surface area contributed by atoms with Crippen LogP contribution in [0.5, 0.6) is 5.75 Å². The van der Waals surface area contributed by atoms with Crippen molar-refractivity contribution in [3.05, 3.63) is 94.9 Å². The van der Waals surface area contributed by atoms with E-state index >= 15 is 0 Å². The Morgan fingerprint density at radius 2 is 1.78 bits per heavy atom. The molecule has 0 amide bonds. The van der Waals surface area contributed by atoms with Gasteiger partial charge in [-0.05, 0) is 123 Å².